The van der Waals surface area contributed by atoms with Crippen molar-refractivity contribution in [1.29, 1.82) is 0 Å². The van der Waals surface area contributed by atoms with E-state index in [1.54, 1.807) is 0 Å². The van der Waals surface area contributed by atoms with Gasteiger partial charge in [-0.15, -0.1) is 0 Å². The predicted molar refractivity (Wildman–Crippen MR) is 91.6 cm³/mol. The van der Waals surface area contributed by atoms with Crippen molar-refractivity contribution in [3.63, 3.8) is 0 Å². The van der Waals surface area contributed by atoms with Crippen molar-refractivity contribution in [2.24, 2.45) is 0 Å². The van der Waals surface area contributed by atoms with Gasteiger partial charge in [0, 0.05) is 22.6 Å². The van der Waals surface area contributed by atoms with E-state index in [-0.39, 0.29) is 0 Å². The van der Waals surface area contributed by atoms with Crippen LogP contribution in [0.4, 0.5) is 26.3 Å². The molecule has 2 atom stereocenters. The molecule has 0 radical (unpaired) electrons. The molecule has 164 valence electrons. The summed E-state index contributed by atoms with van der Waals surface area (Å²) in [6.07, 6.45) is -9.67. The predicted octanol–water partition coefficient (Wildman–Crippen LogP) is 3.71. The van der Waals surface area contributed by atoms with E-state index >= 15 is 0 Å². The molecule has 2 aromatic rings. The van der Waals surface area contributed by atoms with Crippen LogP contribution in [0.5, 0.6) is 0 Å². The van der Waals surface area contributed by atoms with Crippen molar-refractivity contribution in [3.05, 3.63) is 69.8 Å². The molecule has 5 nitrogen and oxygen atoms in total. The monoisotopic (exact) mass is 472 g/mol. The second kappa shape index (κ2) is 8.96. The number of ketones is 1. The molecule has 0 fully saturated rings. The van der Waals surface area contributed by atoms with Crippen LogP contribution in [0.25, 0.3) is 0 Å². The molecule has 0 N–H and O–H groups in total. The first-order chi connectivity index (χ1) is 13.7. The van der Waals surface area contributed by atoms with Crippen molar-refractivity contribution >= 4 is 27.9 Å². The van der Waals surface area contributed by atoms with E-state index in [1.807, 2.05) is 0 Å². The van der Waals surface area contributed by atoms with Gasteiger partial charge in [0.25, 0.3) is 0 Å². The highest BCUT2D eigenvalue weighted by molar-refractivity contribution is 7.78. The summed E-state index contributed by atoms with van der Waals surface area (Å²) in [4.78, 5) is 12.8. The smallest absolute Gasteiger partial charge is 0.416 e. The van der Waals surface area contributed by atoms with E-state index in [4.69, 9.17) is 0 Å². The van der Waals surface area contributed by atoms with Gasteiger partial charge in [-0.25, -0.2) is 0 Å². The summed E-state index contributed by atoms with van der Waals surface area (Å²) in [5, 5.41) is 0. The maximum atomic E-state index is 12.9. The summed E-state index contributed by atoms with van der Waals surface area (Å²) < 4.78 is 122. The molecule has 2 unspecified atom stereocenters. The summed E-state index contributed by atoms with van der Waals surface area (Å²) in [6, 6.07) is 3.31. The second-order valence-corrected chi connectivity index (χ2v) is 7.76. The minimum Gasteiger partial charge on any atom is -0.772 e. The summed E-state index contributed by atoms with van der Waals surface area (Å²) in [7, 11) is 0. The Labute approximate surface area is 170 Å². The molecular weight excluding hydrogens is 462 g/mol. The third-order valence-corrected chi connectivity index (χ3v) is 4.99. The van der Waals surface area contributed by atoms with E-state index in [9.17, 15) is 48.7 Å². The summed E-state index contributed by atoms with van der Waals surface area (Å²) in [5.74, 6) is -3.04. The van der Waals surface area contributed by atoms with Gasteiger partial charge in [-0.05, 0) is 35.4 Å². The number of carbonyl (C=O) groups excluding carboxylic acids is 1. The SMILES string of the molecule is O=C(c1ccc(C(F)(F)F)cc1CS(=O)[O-])c1ccc(C(F)(F)F)cc1CS(=O)[O-]. The quantitative estimate of drug-likeness (QED) is 0.363. The van der Waals surface area contributed by atoms with Crippen molar-refractivity contribution in [1.82, 2.24) is 0 Å². The molecule has 0 heterocycles. The summed E-state index contributed by atoms with van der Waals surface area (Å²) in [5.41, 5.74) is -4.54. The van der Waals surface area contributed by atoms with Gasteiger partial charge in [0.15, 0.2) is 5.78 Å². The van der Waals surface area contributed by atoms with Gasteiger partial charge < -0.3 is 9.11 Å². The van der Waals surface area contributed by atoms with E-state index in [0.717, 1.165) is 0 Å². The number of halogens is 6. The first kappa shape index (κ1) is 24.2. The molecule has 0 saturated heterocycles. The lowest BCUT2D eigenvalue weighted by Crippen LogP contribution is -2.15. The fourth-order valence-electron chi connectivity index (χ4n) is 2.62. The third kappa shape index (κ3) is 5.97. The van der Waals surface area contributed by atoms with Crippen LogP contribution in [-0.4, -0.2) is 23.3 Å². The lowest BCUT2D eigenvalue weighted by Gasteiger charge is -2.17. The van der Waals surface area contributed by atoms with E-state index in [0.29, 0.717) is 36.4 Å². The van der Waals surface area contributed by atoms with Gasteiger partial charge in [-0.1, -0.05) is 34.3 Å². The van der Waals surface area contributed by atoms with Gasteiger partial charge in [-0.3, -0.25) is 13.2 Å². The summed E-state index contributed by atoms with van der Waals surface area (Å²) >= 11 is -5.76. The molecule has 0 amide bonds. The standard InChI is InChI=1S/C17H12F6O5S2/c18-16(19,20)11-1-3-13(9(5-11)7-29(25)26)15(24)14-4-2-12(17(21,22)23)6-10(14)8-30(27)28/h1-6H,7-8H2,(H,25,26)(H,27,28)/p-2. The van der Waals surface area contributed by atoms with Gasteiger partial charge in [-0.2, -0.15) is 26.3 Å². The fraction of sp³-hybridized carbons (Fsp3) is 0.235. The number of alkyl halides is 6. The highest BCUT2D eigenvalue weighted by Gasteiger charge is 2.33. The maximum Gasteiger partial charge on any atom is 0.416 e. The Hall–Kier alpha value is -2.09. The molecule has 0 bridgehead atoms. The number of benzene rings is 2. The second-order valence-electron chi connectivity index (χ2n) is 5.96. The van der Waals surface area contributed by atoms with Crippen LogP contribution in [0.15, 0.2) is 36.4 Å². The highest BCUT2D eigenvalue weighted by Crippen LogP contribution is 2.34. The Morgan fingerprint density at radius 1 is 0.733 bits per heavy atom. The number of rotatable bonds is 6. The van der Waals surface area contributed by atoms with Gasteiger partial charge in [0.2, 0.25) is 0 Å². The van der Waals surface area contributed by atoms with Crippen LogP contribution in [0.1, 0.15) is 38.2 Å². The Morgan fingerprint density at radius 2 is 1.07 bits per heavy atom. The Balaban J connectivity index is 2.64. The van der Waals surface area contributed by atoms with Crippen LogP contribution in [0.2, 0.25) is 0 Å². The third-order valence-electron chi connectivity index (χ3n) is 3.90. The van der Waals surface area contributed by atoms with Gasteiger partial charge in [0.1, 0.15) is 0 Å². The van der Waals surface area contributed by atoms with Crippen LogP contribution < -0.4 is 0 Å². The average molecular weight is 472 g/mol. The zero-order valence-corrected chi connectivity index (χ0v) is 16.1. The van der Waals surface area contributed by atoms with Crippen molar-refractivity contribution in [2.45, 2.75) is 23.9 Å². The molecule has 30 heavy (non-hydrogen) atoms. The Bertz CT molecular complexity index is 937. The van der Waals surface area contributed by atoms with Gasteiger partial charge >= 0.3 is 12.4 Å². The molecule has 13 heteroatoms. The van der Waals surface area contributed by atoms with E-state index in [2.05, 4.69) is 0 Å². The minimum absolute atomic E-state index is 0.443. The van der Waals surface area contributed by atoms with Crippen LogP contribution in [0.3, 0.4) is 0 Å². The first-order valence-corrected chi connectivity index (χ1v) is 10.3. The van der Waals surface area contributed by atoms with Crippen molar-refractivity contribution in [3.8, 4) is 0 Å². The topological polar surface area (TPSA) is 97.3 Å². The van der Waals surface area contributed by atoms with E-state index in [1.165, 1.54) is 0 Å². The molecule has 2 rings (SSSR count). The molecular formula is C17H10F6O5S2-2. The molecule has 0 aliphatic heterocycles. The van der Waals surface area contributed by atoms with Crippen LogP contribution >= 0.6 is 0 Å². The zero-order chi connectivity index (χ0) is 22.9. The molecule has 0 spiro atoms. The highest BCUT2D eigenvalue weighted by atomic mass is 32.2. The summed E-state index contributed by atoms with van der Waals surface area (Å²) in [6.45, 7) is 0. The largest absolute Gasteiger partial charge is 0.772 e. The molecule has 0 aliphatic rings. The molecule has 0 aromatic heterocycles. The van der Waals surface area contributed by atoms with Crippen molar-refractivity contribution < 1.29 is 48.7 Å². The van der Waals surface area contributed by atoms with Crippen molar-refractivity contribution in [2.75, 3.05) is 0 Å². The molecule has 0 saturated carbocycles. The van der Waals surface area contributed by atoms with Crippen LogP contribution in [-0.2, 0) is 46.0 Å². The number of hydrogen-bond donors (Lipinski definition) is 0. The lowest BCUT2D eigenvalue weighted by atomic mass is 9.93. The molecule has 0 aliphatic carbocycles. The fourth-order valence-corrected chi connectivity index (χ4v) is 3.61. The minimum atomic E-state index is -4.83. The van der Waals surface area contributed by atoms with Crippen LogP contribution in [0, 0.1) is 0 Å². The first-order valence-electron chi connectivity index (χ1n) is 7.77. The van der Waals surface area contributed by atoms with Gasteiger partial charge in [0.05, 0.1) is 11.1 Å². The normalized spacial score (nSPS) is 14.4. The van der Waals surface area contributed by atoms with E-state index < -0.39 is 85.2 Å². The zero-order valence-electron chi connectivity index (χ0n) is 14.5. The lowest BCUT2D eigenvalue weighted by molar-refractivity contribution is -0.138. The Morgan fingerprint density at radius 3 is 1.33 bits per heavy atom. The maximum absolute atomic E-state index is 12.9. The number of carbonyl (C=O) groups is 1. The Kier molecular flexibility index (Phi) is 7.22. The molecule has 2 aromatic carbocycles. The average Bonchev–Trinajstić information content (AvgIpc) is 2.58. The number of hydrogen-bond acceptors (Lipinski definition) is 5.